The van der Waals surface area contributed by atoms with Crippen LogP contribution in [0, 0.1) is 0 Å². The van der Waals surface area contributed by atoms with Gasteiger partial charge in [0.1, 0.15) is 5.82 Å². The van der Waals surface area contributed by atoms with Gasteiger partial charge >= 0.3 is 5.97 Å². The molecule has 6 nitrogen and oxygen atoms in total. The first-order valence-corrected chi connectivity index (χ1v) is 5.52. The second kappa shape index (κ2) is 5.96. The molecule has 6 heteroatoms. The highest BCUT2D eigenvalue weighted by Crippen LogP contribution is 2.20. The number of hydrogen-bond acceptors (Lipinski definition) is 2. The molecule has 0 aliphatic rings. The first-order valence-electron chi connectivity index (χ1n) is 5.52. The van der Waals surface area contributed by atoms with Crippen LogP contribution in [0.15, 0.2) is 48.5 Å². The molecule has 3 rings (SSSR count). The maximum Gasteiger partial charge on any atom is 0.335 e. The Balaban J connectivity index is 0.000001000. The van der Waals surface area contributed by atoms with Gasteiger partial charge in [0.25, 0.3) is 0 Å². The molecule has 0 spiro atoms. The highest BCUT2D eigenvalue weighted by atomic mass is 16.4. The number of aromatic carboxylic acids is 1. The van der Waals surface area contributed by atoms with Crippen molar-refractivity contribution in [3.05, 3.63) is 54.1 Å². The summed E-state index contributed by atoms with van der Waals surface area (Å²) in [6.45, 7) is 0. The van der Waals surface area contributed by atoms with Crippen molar-refractivity contribution in [1.82, 2.24) is 9.97 Å². The van der Waals surface area contributed by atoms with Crippen molar-refractivity contribution < 1.29 is 20.9 Å². The Bertz CT molecular complexity index is 686. The van der Waals surface area contributed by atoms with Crippen LogP contribution in [0.5, 0.6) is 0 Å². The van der Waals surface area contributed by atoms with Crippen molar-refractivity contribution in [1.29, 1.82) is 0 Å². The summed E-state index contributed by atoms with van der Waals surface area (Å²) in [5.74, 6) is -0.181. The first kappa shape index (κ1) is 15.4. The van der Waals surface area contributed by atoms with E-state index in [2.05, 4.69) is 9.97 Å². The van der Waals surface area contributed by atoms with E-state index < -0.39 is 5.97 Å². The summed E-state index contributed by atoms with van der Waals surface area (Å²) in [6, 6.07) is 14.4. The molecule has 0 aliphatic heterocycles. The minimum absolute atomic E-state index is 0. The highest BCUT2D eigenvalue weighted by Gasteiger charge is 2.06. The van der Waals surface area contributed by atoms with Gasteiger partial charge in [-0.2, -0.15) is 0 Å². The van der Waals surface area contributed by atoms with Gasteiger partial charge in [-0.15, -0.1) is 0 Å². The first-order chi connectivity index (χ1) is 8.74. The number of hydrogen-bond donors (Lipinski definition) is 2. The number of aromatic nitrogens is 2. The van der Waals surface area contributed by atoms with Gasteiger partial charge in [0, 0.05) is 5.56 Å². The van der Waals surface area contributed by atoms with Crippen LogP contribution in [-0.4, -0.2) is 32.0 Å². The molecule has 6 N–H and O–H groups in total. The standard InChI is InChI=1S/C14H10N2O2.2H2O/c17-14(18)10-7-5-9(6-8-10)13-15-11-3-1-2-4-12(11)16-13;;/h1-8H,(H,15,16)(H,17,18);2*1H2. The molecule has 0 radical (unpaired) electrons. The van der Waals surface area contributed by atoms with Crippen LogP contribution >= 0.6 is 0 Å². The molecule has 1 aromatic heterocycles. The second-order valence-corrected chi connectivity index (χ2v) is 3.99. The number of nitrogens with one attached hydrogen (secondary N) is 1. The molecule has 2 aromatic carbocycles. The molecule has 0 fully saturated rings. The van der Waals surface area contributed by atoms with Gasteiger partial charge in [-0.25, -0.2) is 9.78 Å². The molecular weight excluding hydrogens is 260 g/mol. The third-order valence-electron chi connectivity index (χ3n) is 2.79. The lowest BCUT2D eigenvalue weighted by atomic mass is 10.1. The molecule has 0 bridgehead atoms. The van der Waals surface area contributed by atoms with Crippen LogP contribution in [0.3, 0.4) is 0 Å². The van der Waals surface area contributed by atoms with Gasteiger partial charge in [-0.1, -0.05) is 24.3 Å². The molecule has 0 amide bonds. The summed E-state index contributed by atoms with van der Waals surface area (Å²) in [5, 5.41) is 8.84. The third kappa shape index (κ3) is 2.66. The van der Waals surface area contributed by atoms with E-state index in [-0.39, 0.29) is 16.5 Å². The molecule has 0 aliphatic carbocycles. The normalized spacial score (nSPS) is 9.60. The largest absolute Gasteiger partial charge is 0.478 e. The van der Waals surface area contributed by atoms with Crippen LogP contribution in [0.2, 0.25) is 0 Å². The zero-order chi connectivity index (χ0) is 12.5. The average Bonchev–Trinajstić information content (AvgIpc) is 2.82. The maximum absolute atomic E-state index is 10.8. The molecule has 0 unspecified atom stereocenters. The van der Waals surface area contributed by atoms with Crippen molar-refractivity contribution in [2.75, 3.05) is 0 Å². The van der Waals surface area contributed by atoms with Crippen LogP contribution in [-0.2, 0) is 0 Å². The lowest BCUT2D eigenvalue weighted by Crippen LogP contribution is -1.95. The summed E-state index contributed by atoms with van der Waals surface area (Å²) in [5.41, 5.74) is 3.01. The van der Waals surface area contributed by atoms with Crippen molar-refractivity contribution in [3.8, 4) is 11.4 Å². The Morgan fingerprint density at radius 1 is 1.00 bits per heavy atom. The van der Waals surface area contributed by atoms with Crippen LogP contribution in [0.4, 0.5) is 0 Å². The quantitative estimate of drug-likeness (QED) is 0.729. The number of benzene rings is 2. The van der Waals surface area contributed by atoms with E-state index in [1.165, 1.54) is 0 Å². The molecule has 104 valence electrons. The number of nitrogens with zero attached hydrogens (tertiary/aromatic N) is 1. The lowest BCUT2D eigenvalue weighted by molar-refractivity contribution is 0.0697. The van der Waals surface area contributed by atoms with E-state index in [1.54, 1.807) is 24.3 Å². The molecule has 0 saturated carbocycles. The van der Waals surface area contributed by atoms with E-state index in [0.717, 1.165) is 22.4 Å². The monoisotopic (exact) mass is 274 g/mol. The molecular formula is C14H14N2O4. The van der Waals surface area contributed by atoms with Crippen molar-refractivity contribution >= 4 is 17.0 Å². The van der Waals surface area contributed by atoms with Gasteiger partial charge in [0.05, 0.1) is 16.6 Å². The zero-order valence-electron chi connectivity index (χ0n) is 10.4. The van der Waals surface area contributed by atoms with E-state index in [0.29, 0.717) is 0 Å². The summed E-state index contributed by atoms with van der Waals surface area (Å²) < 4.78 is 0. The minimum atomic E-state index is -0.925. The molecule has 20 heavy (non-hydrogen) atoms. The number of carboxylic acid groups (broad SMARTS) is 1. The van der Waals surface area contributed by atoms with Crippen LogP contribution < -0.4 is 0 Å². The Morgan fingerprint density at radius 3 is 2.25 bits per heavy atom. The van der Waals surface area contributed by atoms with Gasteiger partial charge in [-0.3, -0.25) is 0 Å². The lowest BCUT2D eigenvalue weighted by Gasteiger charge is -1.97. The number of carboxylic acids is 1. The smallest absolute Gasteiger partial charge is 0.335 e. The number of aromatic amines is 1. The maximum atomic E-state index is 10.8. The van der Waals surface area contributed by atoms with Crippen molar-refractivity contribution in [2.24, 2.45) is 0 Å². The summed E-state index contributed by atoms with van der Waals surface area (Å²) in [4.78, 5) is 18.4. The second-order valence-electron chi connectivity index (χ2n) is 3.99. The molecule has 0 atom stereocenters. The van der Waals surface area contributed by atoms with Crippen LogP contribution in [0.25, 0.3) is 22.4 Å². The molecule has 1 heterocycles. The fourth-order valence-corrected chi connectivity index (χ4v) is 1.86. The fourth-order valence-electron chi connectivity index (χ4n) is 1.86. The molecule has 3 aromatic rings. The van der Waals surface area contributed by atoms with Gasteiger partial charge < -0.3 is 21.0 Å². The zero-order valence-corrected chi connectivity index (χ0v) is 10.4. The molecule has 0 saturated heterocycles. The number of rotatable bonds is 2. The van der Waals surface area contributed by atoms with E-state index in [1.807, 2.05) is 24.3 Å². The average molecular weight is 274 g/mol. The van der Waals surface area contributed by atoms with Gasteiger partial charge in [0.2, 0.25) is 0 Å². The number of para-hydroxylation sites is 2. The van der Waals surface area contributed by atoms with Gasteiger partial charge in [-0.05, 0) is 24.3 Å². The number of carbonyl (C=O) groups is 1. The van der Waals surface area contributed by atoms with Crippen molar-refractivity contribution in [3.63, 3.8) is 0 Å². The predicted molar refractivity (Wildman–Crippen MR) is 75.7 cm³/mol. The van der Waals surface area contributed by atoms with Crippen molar-refractivity contribution in [2.45, 2.75) is 0 Å². The van der Waals surface area contributed by atoms with E-state index in [4.69, 9.17) is 5.11 Å². The highest BCUT2D eigenvalue weighted by molar-refractivity contribution is 5.88. The van der Waals surface area contributed by atoms with Crippen LogP contribution in [0.1, 0.15) is 10.4 Å². The number of fused-ring (bicyclic) bond motifs is 1. The Hall–Kier alpha value is -2.70. The van der Waals surface area contributed by atoms with Gasteiger partial charge in [0.15, 0.2) is 0 Å². The Labute approximate surface area is 114 Å². The number of imidazole rings is 1. The summed E-state index contributed by atoms with van der Waals surface area (Å²) in [7, 11) is 0. The topological polar surface area (TPSA) is 129 Å². The van der Waals surface area contributed by atoms with E-state index >= 15 is 0 Å². The Morgan fingerprint density at radius 2 is 1.65 bits per heavy atom. The third-order valence-corrected chi connectivity index (χ3v) is 2.79. The summed E-state index contributed by atoms with van der Waals surface area (Å²) in [6.07, 6.45) is 0. The fraction of sp³-hybridized carbons (Fsp3) is 0. The minimum Gasteiger partial charge on any atom is -0.478 e. The summed E-state index contributed by atoms with van der Waals surface area (Å²) >= 11 is 0. The Kier molecular flexibility index (Phi) is 4.58. The predicted octanol–water partition coefficient (Wildman–Crippen LogP) is 1.28. The number of H-pyrrole nitrogens is 1. The van der Waals surface area contributed by atoms with E-state index in [9.17, 15) is 4.79 Å². The SMILES string of the molecule is O.O.O=C(O)c1ccc(-c2nc3ccccc3[nH]2)cc1.